The van der Waals surface area contributed by atoms with Gasteiger partial charge in [-0.15, -0.1) is 11.3 Å². The highest BCUT2D eigenvalue weighted by molar-refractivity contribution is 7.09. The van der Waals surface area contributed by atoms with E-state index in [1.807, 2.05) is 11.3 Å². The lowest BCUT2D eigenvalue weighted by Gasteiger charge is -2.15. The summed E-state index contributed by atoms with van der Waals surface area (Å²) in [7, 11) is 0. The number of nitrogens with one attached hydrogen (secondary N) is 1. The molecule has 1 aromatic rings. The predicted molar refractivity (Wildman–Crippen MR) is 74.2 cm³/mol. The summed E-state index contributed by atoms with van der Waals surface area (Å²) in [5.74, 6) is 0. The summed E-state index contributed by atoms with van der Waals surface area (Å²) in [6.07, 6.45) is 7.98. The van der Waals surface area contributed by atoms with Gasteiger partial charge in [0.2, 0.25) is 0 Å². The minimum Gasteiger partial charge on any atom is -0.314 e. The first kappa shape index (κ1) is 13.7. The SMILES string of the molecule is CCNC(CC)CCCCCc1cccs1. The Morgan fingerprint density at radius 2 is 2.12 bits per heavy atom. The molecule has 1 unspecified atom stereocenters. The highest BCUT2D eigenvalue weighted by Gasteiger charge is 2.03. The Kier molecular flexibility index (Phi) is 7.52. The predicted octanol–water partition coefficient (Wildman–Crippen LogP) is 4.24. The first-order chi connectivity index (χ1) is 7.86. The van der Waals surface area contributed by atoms with E-state index in [0.29, 0.717) is 0 Å². The van der Waals surface area contributed by atoms with E-state index < -0.39 is 0 Å². The topological polar surface area (TPSA) is 12.0 Å². The van der Waals surface area contributed by atoms with Gasteiger partial charge in [0.05, 0.1) is 0 Å². The van der Waals surface area contributed by atoms with Gasteiger partial charge in [0.25, 0.3) is 0 Å². The van der Waals surface area contributed by atoms with Gasteiger partial charge in [0.15, 0.2) is 0 Å². The van der Waals surface area contributed by atoms with Crippen LogP contribution in [-0.2, 0) is 6.42 Å². The molecular formula is C14H25NS. The molecule has 0 saturated carbocycles. The van der Waals surface area contributed by atoms with E-state index in [-0.39, 0.29) is 0 Å². The lowest BCUT2D eigenvalue weighted by atomic mass is 10.0. The van der Waals surface area contributed by atoms with E-state index in [4.69, 9.17) is 0 Å². The fourth-order valence-electron chi connectivity index (χ4n) is 2.06. The molecule has 16 heavy (non-hydrogen) atoms. The van der Waals surface area contributed by atoms with E-state index in [2.05, 4.69) is 36.7 Å². The van der Waals surface area contributed by atoms with Crippen molar-refractivity contribution in [1.29, 1.82) is 0 Å². The van der Waals surface area contributed by atoms with Crippen LogP contribution >= 0.6 is 11.3 Å². The second kappa shape index (κ2) is 8.77. The highest BCUT2D eigenvalue weighted by atomic mass is 32.1. The quantitative estimate of drug-likeness (QED) is 0.636. The Hall–Kier alpha value is -0.340. The fourth-order valence-corrected chi connectivity index (χ4v) is 2.81. The van der Waals surface area contributed by atoms with Crippen LogP contribution in [0.4, 0.5) is 0 Å². The zero-order valence-electron chi connectivity index (χ0n) is 10.7. The molecule has 0 saturated heterocycles. The molecule has 0 aliphatic heterocycles. The minimum absolute atomic E-state index is 0.742. The molecular weight excluding hydrogens is 214 g/mol. The van der Waals surface area contributed by atoms with Crippen LogP contribution in [0, 0.1) is 0 Å². The lowest BCUT2D eigenvalue weighted by molar-refractivity contribution is 0.456. The van der Waals surface area contributed by atoms with Crippen LogP contribution in [-0.4, -0.2) is 12.6 Å². The molecule has 0 amide bonds. The van der Waals surface area contributed by atoms with Crippen molar-refractivity contribution in [2.75, 3.05) is 6.54 Å². The standard InChI is InChI=1S/C14H25NS/c1-3-13(15-4-2)9-6-5-7-10-14-11-8-12-16-14/h8,11-13,15H,3-7,9-10H2,1-2H3. The average molecular weight is 239 g/mol. The van der Waals surface area contributed by atoms with Crippen LogP contribution in [0.25, 0.3) is 0 Å². The highest BCUT2D eigenvalue weighted by Crippen LogP contribution is 2.14. The Balaban J connectivity index is 1.98. The molecule has 2 heteroatoms. The number of unbranched alkanes of at least 4 members (excludes halogenated alkanes) is 2. The third-order valence-corrected chi connectivity index (χ3v) is 3.98. The monoisotopic (exact) mass is 239 g/mol. The van der Waals surface area contributed by atoms with E-state index in [1.165, 1.54) is 38.5 Å². The Morgan fingerprint density at radius 1 is 1.25 bits per heavy atom. The van der Waals surface area contributed by atoms with Gasteiger partial charge in [0.1, 0.15) is 0 Å². The van der Waals surface area contributed by atoms with Gasteiger partial charge in [-0.3, -0.25) is 0 Å². The Morgan fingerprint density at radius 3 is 2.75 bits per heavy atom. The molecule has 0 bridgehead atoms. The molecule has 0 spiro atoms. The molecule has 0 aliphatic rings. The van der Waals surface area contributed by atoms with Crippen LogP contribution in [0.5, 0.6) is 0 Å². The van der Waals surface area contributed by atoms with E-state index in [0.717, 1.165) is 12.6 Å². The number of thiophene rings is 1. The molecule has 0 radical (unpaired) electrons. The molecule has 1 aromatic heterocycles. The maximum absolute atomic E-state index is 3.54. The van der Waals surface area contributed by atoms with Crippen molar-refractivity contribution in [3.8, 4) is 0 Å². The first-order valence-corrected chi connectivity index (χ1v) is 7.50. The molecule has 0 aliphatic carbocycles. The number of aryl methyl sites for hydroxylation is 1. The van der Waals surface area contributed by atoms with Gasteiger partial charge in [-0.25, -0.2) is 0 Å². The Labute approximate surface area is 104 Å². The second-order valence-electron chi connectivity index (χ2n) is 4.34. The maximum atomic E-state index is 3.54. The summed E-state index contributed by atoms with van der Waals surface area (Å²) in [6, 6.07) is 5.14. The van der Waals surface area contributed by atoms with Gasteiger partial charge in [-0.2, -0.15) is 0 Å². The normalized spacial score (nSPS) is 12.9. The largest absolute Gasteiger partial charge is 0.314 e. The third kappa shape index (κ3) is 5.66. The number of rotatable bonds is 9. The number of hydrogen-bond acceptors (Lipinski definition) is 2. The van der Waals surface area contributed by atoms with Crippen molar-refractivity contribution >= 4 is 11.3 Å². The van der Waals surface area contributed by atoms with Crippen LogP contribution in [0.1, 0.15) is 50.8 Å². The van der Waals surface area contributed by atoms with Gasteiger partial charge in [-0.1, -0.05) is 32.8 Å². The van der Waals surface area contributed by atoms with E-state index >= 15 is 0 Å². The average Bonchev–Trinajstić information content (AvgIpc) is 2.80. The molecule has 1 rings (SSSR count). The fraction of sp³-hybridized carbons (Fsp3) is 0.714. The summed E-state index contributed by atoms with van der Waals surface area (Å²) in [6.45, 7) is 5.58. The molecule has 1 N–H and O–H groups in total. The lowest BCUT2D eigenvalue weighted by Crippen LogP contribution is -2.27. The summed E-state index contributed by atoms with van der Waals surface area (Å²) in [5, 5.41) is 5.71. The molecule has 1 heterocycles. The second-order valence-corrected chi connectivity index (χ2v) is 5.37. The van der Waals surface area contributed by atoms with Crippen LogP contribution in [0.15, 0.2) is 17.5 Å². The van der Waals surface area contributed by atoms with Crippen molar-refractivity contribution in [1.82, 2.24) is 5.32 Å². The summed E-state index contributed by atoms with van der Waals surface area (Å²) in [5.41, 5.74) is 0. The van der Waals surface area contributed by atoms with Crippen LogP contribution < -0.4 is 5.32 Å². The van der Waals surface area contributed by atoms with Gasteiger partial charge in [-0.05, 0) is 43.7 Å². The zero-order chi connectivity index (χ0) is 11.6. The molecule has 1 nitrogen and oxygen atoms in total. The number of hydrogen-bond donors (Lipinski definition) is 1. The summed E-state index contributed by atoms with van der Waals surface area (Å²) < 4.78 is 0. The smallest absolute Gasteiger partial charge is 0.00643 e. The zero-order valence-corrected chi connectivity index (χ0v) is 11.5. The molecule has 0 fully saturated rings. The third-order valence-electron chi connectivity index (χ3n) is 3.04. The van der Waals surface area contributed by atoms with E-state index in [1.54, 1.807) is 4.88 Å². The van der Waals surface area contributed by atoms with Gasteiger partial charge < -0.3 is 5.32 Å². The summed E-state index contributed by atoms with van der Waals surface area (Å²) in [4.78, 5) is 1.54. The van der Waals surface area contributed by atoms with Crippen molar-refractivity contribution in [3.05, 3.63) is 22.4 Å². The van der Waals surface area contributed by atoms with Crippen LogP contribution in [0.3, 0.4) is 0 Å². The van der Waals surface area contributed by atoms with Crippen molar-refractivity contribution in [2.45, 2.75) is 58.4 Å². The van der Waals surface area contributed by atoms with Gasteiger partial charge in [0, 0.05) is 10.9 Å². The molecule has 0 aromatic carbocycles. The Bertz CT molecular complexity index is 243. The molecule has 92 valence electrons. The van der Waals surface area contributed by atoms with Crippen LogP contribution in [0.2, 0.25) is 0 Å². The van der Waals surface area contributed by atoms with Crippen molar-refractivity contribution < 1.29 is 0 Å². The van der Waals surface area contributed by atoms with E-state index in [9.17, 15) is 0 Å². The minimum atomic E-state index is 0.742. The maximum Gasteiger partial charge on any atom is 0.00643 e. The molecule has 1 atom stereocenters. The first-order valence-electron chi connectivity index (χ1n) is 6.62. The summed E-state index contributed by atoms with van der Waals surface area (Å²) >= 11 is 1.89. The van der Waals surface area contributed by atoms with Crippen molar-refractivity contribution in [2.24, 2.45) is 0 Å². The van der Waals surface area contributed by atoms with Gasteiger partial charge >= 0.3 is 0 Å². The van der Waals surface area contributed by atoms with Crippen molar-refractivity contribution in [3.63, 3.8) is 0 Å².